The molecular weight excluding hydrogens is 230 g/mol. The van der Waals surface area contributed by atoms with Crippen LogP contribution in [0.15, 0.2) is 6.07 Å². The third kappa shape index (κ3) is 2.19. The van der Waals surface area contributed by atoms with Crippen LogP contribution in [0.3, 0.4) is 0 Å². The molecule has 4 nitrogen and oxygen atoms in total. The molecule has 0 aliphatic rings. The van der Waals surface area contributed by atoms with Crippen molar-refractivity contribution in [3.05, 3.63) is 28.0 Å². The van der Waals surface area contributed by atoms with Crippen LogP contribution < -0.4 is 0 Å². The van der Waals surface area contributed by atoms with Gasteiger partial charge in [-0.1, -0.05) is 11.6 Å². The van der Waals surface area contributed by atoms with E-state index in [1.54, 1.807) is 0 Å². The van der Waals surface area contributed by atoms with Gasteiger partial charge in [-0.3, -0.25) is 0 Å². The summed E-state index contributed by atoms with van der Waals surface area (Å²) in [5.41, 5.74) is -1.78. The van der Waals surface area contributed by atoms with Crippen molar-refractivity contribution in [2.75, 3.05) is 0 Å². The van der Waals surface area contributed by atoms with Gasteiger partial charge in [-0.15, -0.1) is 0 Å². The van der Waals surface area contributed by atoms with Crippen LogP contribution >= 0.6 is 11.6 Å². The molecule has 0 amide bonds. The molecule has 78 valence electrons. The predicted octanol–water partition coefficient (Wildman–Crippen LogP) is 2.24. The lowest BCUT2D eigenvalue weighted by molar-refractivity contribution is 0.0696. The number of pyridine rings is 1. The molecule has 15 heavy (non-hydrogen) atoms. The fraction of sp³-hybridized carbons (Fsp3) is 0.125. The standard InChI is InChI=1S/C8H3ClF2N2O2/c9-6-4(8(14)15)1-3(2-12)5(13-6)7(10)11/h1,7H,(H,14,15). The fourth-order valence-corrected chi connectivity index (χ4v) is 1.14. The molecule has 0 radical (unpaired) electrons. The van der Waals surface area contributed by atoms with Crippen molar-refractivity contribution in [1.82, 2.24) is 4.98 Å². The number of alkyl halides is 2. The summed E-state index contributed by atoms with van der Waals surface area (Å²) in [6, 6.07) is 2.21. The zero-order chi connectivity index (χ0) is 11.6. The predicted molar refractivity (Wildman–Crippen MR) is 45.9 cm³/mol. The number of aromatic carboxylic acids is 1. The summed E-state index contributed by atoms with van der Waals surface area (Å²) in [5.74, 6) is -1.43. The maximum absolute atomic E-state index is 12.3. The third-order valence-corrected chi connectivity index (χ3v) is 1.85. The highest BCUT2D eigenvalue weighted by molar-refractivity contribution is 6.32. The minimum absolute atomic E-state index is 0.474. The Morgan fingerprint density at radius 3 is 2.67 bits per heavy atom. The fourth-order valence-electron chi connectivity index (χ4n) is 0.910. The highest BCUT2D eigenvalue weighted by Gasteiger charge is 2.20. The Kier molecular flexibility index (Phi) is 3.17. The Morgan fingerprint density at radius 2 is 2.27 bits per heavy atom. The number of rotatable bonds is 2. The molecule has 0 aliphatic heterocycles. The maximum atomic E-state index is 12.3. The van der Waals surface area contributed by atoms with E-state index in [9.17, 15) is 13.6 Å². The Labute approximate surface area is 87.7 Å². The zero-order valence-corrected chi connectivity index (χ0v) is 7.79. The van der Waals surface area contributed by atoms with Crippen LogP contribution in [0.5, 0.6) is 0 Å². The third-order valence-electron chi connectivity index (χ3n) is 1.56. The lowest BCUT2D eigenvalue weighted by atomic mass is 10.1. The van der Waals surface area contributed by atoms with Crippen LogP contribution in [0.1, 0.15) is 28.0 Å². The number of hydrogen-bond acceptors (Lipinski definition) is 3. The summed E-state index contributed by atoms with van der Waals surface area (Å²) in [6.45, 7) is 0. The van der Waals surface area contributed by atoms with Crippen LogP contribution in [0.4, 0.5) is 8.78 Å². The first-order valence-electron chi connectivity index (χ1n) is 3.59. The second-order valence-corrected chi connectivity index (χ2v) is 2.84. The second kappa shape index (κ2) is 4.19. The molecule has 1 aromatic rings. The molecular formula is C8H3ClF2N2O2. The van der Waals surface area contributed by atoms with Gasteiger partial charge < -0.3 is 5.11 Å². The summed E-state index contributed by atoms with van der Waals surface area (Å²) in [4.78, 5) is 13.7. The Hall–Kier alpha value is -1.74. The maximum Gasteiger partial charge on any atom is 0.338 e. The van der Waals surface area contributed by atoms with E-state index in [2.05, 4.69) is 4.98 Å². The molecule has 1 aromatic heterocycles. The van der Waals surface area contributed by atoms with Gasteiger partial charge in [-0.05, 0) is 6.07 Å². The Balaban J connectivity index is 3.44. The van der Waals surface area contributed by atoms with Crippen molar-refractivity contribution in [3.8, 4) is 6.07 Å². The van der Waals surface area contributed by atoms with Crippen LogP contribution in [-0.2, 0) is 0 Å². The molecule has 0 bridgehead atoms. The number of carbonyl (C=O) groups is 1. The lowest BCUT2D eigenvalue weighted by Crippen LogP contribution is -2.04. The van der Waals surface area contributed by atoms with Gasteiger partial charge in [-0.25, -0.2) is 18.6 Å². The van der Waals surface area contributed by atoms with E-state index >= 15 is 0 Å². The number of carboxylic acid groups (broad SMARTS) is 1. The van der Waals surface area contributed by atoms with Gasteiger partial charge in [0.25, 0.3) is 6.43 Å². The molecule has 0 saturated carbocycles. The van der Waals surface area contributed by atoms with Crippen LogP contribution in [0.2, 0.25) is 5.15 Å². The normalized spacial score (nSPS) is 10.1. The monoisotopic (exact) mass is 232 g/mol. The summed E-state index contributed by atoms with van der Waals surface area (Å²) in [6.07, 6.45) is -2.97. The SMILES string of the molecule is N#Cc1cc(C(=O)O)c(Cl)nc1C(F)F. The van der Waals surface area contributed by atoms with Gasteiger partial charge >= 0.3 is 5.97 Å². The molecule has 0 spiro atoms. The molecule has 0 aromatic carbocycles. The van der Waals surface area contributed by atoms with Crippen molar-refractivity contribution in [2.45, 2.75) is 6.43 Å². The van der Waals surface area contributed by atoms with Gasteiger partial charge in [-0.2, -0.15) is 5.26 Å². The van der Waals surface area contributed by atoms with E-state index < -0.39 is 34.4 Å². The molecule has 0 saturated heterocycles. The van der Waals surface area contributed by atoms with Crippen molar-refractivity contribution < 1.29 is 18.7 Å². The Morgan fingerprint density at radius 1 is 1.67 bits per heavy atom. The van der Waals surface area contributed by atoms with Gasteiger partial charge in [0.2, 0.25) is 0 Å². The van der Waals surface area contributed by atoms with E-state index in [1.165, 1.54) is 6.07 Å². The topological polar surface area (TPSA) is 74.0 Å². The smallest absolute Gasteiger partial charge is 0.338 e. The second-order valence-electron chi connectivity index (χ2n) is 2.48. The van der Waals surface area contributed by atoms with Crippen LogP contribution in [0, 0.1) is 11.3 Å². The van der Waals surface area contributed by atoms with Crippen molar-refractivity contribution in [2.24, 2.45) is 0 Å². The van der Waals surface area contributed by atoms with Crippen molar-refractivity contribution >= 4 is 17.6 Å². The molecule has 0 atom stereocenters. The summed E-state index contributed by atoms with van der Waals surface area (Å²) in [5, 5.41) is 16.5. The summed E-state index contributed by atoms with van der Waals surface area (Å²) in [7, 11) is 0. The van der Waals surface area contributed by atoms with Crippen LogP contribution in [-0.4, -0.2) is 16.1 Å². The van der Waals surface area contributed by atoms with Crippen molar-refractivity contribution in [3.63, 3.8) is 0 Å². The first kappa shape index (κ1) is 11.3. The van der Waals surface area contributed by atoms with E-state index in [0.717, 1.165) is 6.07 Å². The van der Waals surface area contributed by atoms with Gasteiger partial charge in [0.1, 0.15) is 16.9 Å². The number of nitriles is 1. The minimum Gasteiger partial charge on any atom is -0.478 e. The highest BCUT2D eigenvalue weighted by Crippen LogP contribution is 2.25. The zero-order valence-electron chi connectivity index (χ0n) is 7.04. The molecule has 1 rings (SSSR count). The van der Waals surface area contributed by atoms with Gasteiger partial charge in [0.15, 0.2) is 0 Å². The molecule has 7 heteroatoms. The number of aromatic nitrogens is 1. The number of carboxylic acids is 1. The molecule has 1 heterocycles. The highest BCUT2D eigenvalue weighted by atomic mass is 35.5. The molecule has 0 aliphatic carbocycles. The molecule has 0 fully saturated rings. The van der Waals surface area contributed by atoms with Crippen molar-refractivity contribution in [1.29, 1.82) is 5.26 Å². The first-order chi connectivity index (χ1) is 6.97. The largest absolute Gasteiger partial charge is 0.478 e. The van der Waals surface area contributed by atoms with Crippen LogP contribution in [0.25, 0.3) is 0 Å². The van der Waals surface area contributed by atoms with E-state index in [4.69, 9.17) is 22.0 Å². The number of nitrogens with zero attached hydrogens (tertiary/aromatic N) is 2. The van der Waals surface area contributed by atoms with E-state index in [1.807, 2.05) is 0 Å². The van der Waals surface area contributed by atoms with E-state index in [-0.39, 0.29) is 0 Å². The summed E-state index contributed by atoms with van der Waals surface area (Å²) < 4.78 is 24.6. The number of halogens is 3. The average Bonchev–Trinajstić information content (AvgIpc) is 2.16. The van der Waals surface area contributed by atoms with Gasteiger partial charge in [0, 0.05) is 0 Å². The quantitative estimate of drug-likeness (QED) is 0.794. The summed E-state index contributed by atoms with van der Waals surface area (Å²) >= 11 is 5.36. The molecule has 0 unspecified atom stereocenters. The number of hydrogen-bond donors (Lipinski definition) is 1. The Bertz CT molecular complexity index is 457. The average molecular weight is 233 g/mol. The lowest BCUT2D eigenvalue weighted by Gasteiger charge is -2.04. The molecule has 1 N–H and O–H groups in total. The van der Waals surface area contributed by atoms with E-state index in [0.29, 0.717) is 0 Å². The first-order valence-corrected chi connectivity index (χ1v) is 3.97. The van der Waals surface area contributed by atoms with Gasteiger partial charge in [0.05, 0.1) is 11.1 Å². The minimum atomic E-state index is -2.97.